The fourth-order valence-electron chi connectivity index (χ4n) is 0.342. The fraction of sp³-hybridized carbons (Fsp3) is 0. The van der Waals surface area contributed by atoms with Crippen LogP contribution in [0.1, 0.15) is 0 Å². The van der Waals surface area contributed by atoms with Crippen molar-refractivity contribution < 1.29 is 17.3 Å². The summed E-state index contributed by atoms with van der Waals surface area (Å²) in [4.78, 5) is 0. The zero-order chi connectivity index (χ0) is 6.24. The second-order valence-corrected chi connectivity index (χ2v) is 1.08. The van der Waals surface area contributed by atoms with Gasteiger partial charge in [-0.3, -0.25) is 0 Å². The van der Waals surface area contributed by atoms with Gasteiger partial charge in [-0.05, 0) is 0 Å². The summed E-state index contributed by atoms with van der Waals surface area (Å²) in [5, 5.41) is 0. The Labute approximate surface area is 86.7 Å². The smallest absolute Gasteiger partial charge is 0.171 e. The predicted molar refractivity (Wildman–Crippen MR) is 46.5 cm³/mol. The van der Waals surface area contributed by atoms with E-state index in [1.807, 2.05) is 30.3 Å². The van der Waals surface area contributed by atoms with Gasteiger partial charge in [0.25, 0.3) is 0 Å². The van der Waals surface area contributed by atoms with E-state index >= 15 is 0 Å². The summed E-state index contributed by atoms with van der Waals surface area (Å²) in [6.07, 6.45) is 0. The van der Waals surface area contributed by atoms with Crippen LogP contribution in [-0.4, -0.2) is 0 Å². The van der Waals surface area contributed by atoms with Crippen molar-refractivity contribution in [2.75, 3.05) is 0 Å². The number of halogens is 2. The Morgan fingerprint density at radius 1 is 1.00 bits per heavy atom. The molecule has 1 aromatic rings. The molecule has 3 heteroatoms. The molecule has 0 amide bonds. The minimum Gasteiger partial charge on any atom is -0.184 e. The first-order chi connectivity index (χ1) is 4.00. The van der Waals surface area contributed by atoms with Gasteiger partial charge in [-0.25, -0.2) is 0 Å². The average Bonchev–Trinajstić information content (AvgIpc) is 1.96. The van der Waals surface area contributed by atoms with E-state index in [0.717, 1.165) is 17.3 Å². The van der Waals surface area contributed by atoms with Gasteiger partial charge in [0.15, 0.2) is 0 Å². The minimum absolute atomic E-state index is 0. The van der Waals surface area contributed by atoms with Gasteiger partial charge < -0.3 is 0 Å². The largest absolute Gasteiger partial charge is 0.184 e. The molecule has 0 fully saturated rings. The summed E-state index contributed by atoms with van der Waals surface area (Å²) < 4.78 is 0. The molecule has 0 heterocycles. The SMILES string of the molecule is I.[Cl][Zn+].[c-]1ccccc1. The molecule has 0 saturated carbocycles. The summed E-state index contributed by atoms with van der Waals surface area (Å²) >= 11 is 0.847. The number of hydrogen-bond donors (Lipinski definition) is 0. The molecule has 0 aliphatic rings. The van der Waals surface area contributed by atoms with Crippen LogP contribution in [0.5, 0.6) is 0 Å². The molecule has 0 aliphatic carbocycles. The average molecular weight is 306 g/mol. The van der Waals surface area contributed by atoms with E-state index in [4.69, 9.17) is 9.69 Å². The molecule has 0 spiro atoms. The molecule has 0 unspecified atom stereocenters. The monoisotopic (exact) mass is 304 g/mol. The normalized spacial score (nSPS) is 6.11. The van der Waals surface area contributed by atoms with Crippen LogP contribution in [0.2, 0.25) is 0 Å². The molecule has 0 bridgehead atoms. The third-order valence-corrected chi connectivity index (χ3v) is 0.607. The van der Waals surface area contributed by atoms with E-state index in [1.54, 1.807) is 0 Å². The van der Waals surface area contributed by atoms with Crippen molar-refractivity contribution in [3.05, 3.63) is 36.4 Å². The molecule has 0 nitrogen and oxygen atoms in total. The van der Waals surface area contributed by atoms with E-state index < -0.39 is 0 Å². The zero-order valence-corrected chi connectivity index (χ0v) is 10.9. The van der Waals surface area contributed by atoms with Crippen LogP contribution in [0.25, 0.3) is 0 Å². The second kappa shape index (κ2) is 11.6. The Morgan fingerprint density at radius 2 is 1.44 bits per heavy atom. The Balaban J connectivity index is 0. The van der Waals surface area contributed by atoms with Gasteiger partial charge in [-0.15, -0.1) is 24.0 Å². The van der Waals surface area contributed by atoms with Crippen LogP contribution in [0.15, 0.2) is 30.3 Å². The summed E-state index contributed by atoms with van der Waals surface area (Å²) in [5.74, 6) is 0. The summed E-state index contributed by atoms with van der Waals surface area (Å²) in [6, 6.07) is 12.5. The molecule has 0 aliphatic heterocycles. The molecular formula is C6H6ClIZn. The number of benzene rings is 1. The van der Waals surface area contributed by atoms with Gasteiger partial charge in [-0.2, -0.15) is 36.4 Å². The van der Waals surface area contributed by atoms with Crippen molar-refractivity contribution in [3.8, 4) is 0 Å². The molecule has 0 aromatic heterocycles. The zero-order valence-electron chi connectivity index (χ0n) is 4.88. The van der Waals surface area contributed by atoms with Crippen LogP contribution in [0.4, 0.5) is 0 Å². The maximum Gasteiger partial charge on any atom is -0.171 e. The van der Waals surface area contributed by atoms with E-state index in [1.165, 1.54) is 0 Å². The maximum atomic E-state index is 4.76. The molecule has 0 N–H and O–H groups in total. The van der Waals surface area contributed by atoms with E-state index in [2.05, 4.69) is 6.07 Å². The van der Waals surface area contributed by atoms with Crippen LogP contribution < -0.4 is 0 Å². The van der Waals surface area contributed by atoms with Crippen molar-refractivity contribution in [3.63, 3.8) is 0 Å². The van der Waals surface area contributed by atoms with Crippen molar-refractivity contribution in [1.29, 1.82) is 0 Å². The van der Waals surface area contributed by atoms with Gasteiger partial charge in [0.2, 0.25) is 0 Å². The predicted octanol–water partition coefficient (Wildman–Crippen LogP) is 2.79. The van der Waals surface area contributed by atoms with Gasteiger partial charge in [-0.1, -0.05) is 0 Å². The van der Waals surface area contributed by atoms with Crippen molar-refractivity contribution in [1.82, 2.24) is 0 Å². The summed E-state index contributed by atoms with van der Waals surface area (Å²) in [7, 11) is 4.76. The molecule has 46 valence electrons. The molecular weight excluding hydrogens is 300 g/mol. The summed E-state index contributed by atoms with van der Waals surface area (Å²) in [6.45, 7) is 0. The molecule has 0 radical (unpaired) electrons. The Kier molecular flexibility index (Phi) is 16.2. The molecule has 1 aromatic carbocycles. The first-order valence-electron chi connectivity index (χ1n) is 2.18. The minimum atomic E-state index is 0. The van der Waals surface area contributed by atoms with Crippen LogP contribution in [-0.2, 0) is 17.3 Å². The quantitative estimate of drug-likeness (QED) is 0.393. The van der Waals surface area contributed by atoms with Gasteiger partial charge in [0, 0.05) is 0 Å². The fourth-order valence-corrected chi connectivity index (χ4v) is 0.342. The van der Waals surface area contributed by atoms with Crippen molar-refractivity contribution in [2.24, 2.45) is 0 Å². The maximum absolute atomic E-state index is 4.76. The third-order valence-electron chi connectivity index (χ3n) is 0.607. The van der Waals surface area contributed by atoms with E-state index in [9.17, 15) is 0 Å². The Hall–Kier alpha value is 0.863. The van der Waals surface area contributed by atoms with Gasteiger partial charge in [0.1, 0.15) is 0 Å². The van der Waals surface area contributed by atoms with E-state index in [0.29, 0.717) is 0 Å². The molecule has 1 rings (SSSR count). The van der Waals surface area contributed by atoms with Crippen LogP contribution >= 0.6 is 33.7 Å². The number of rotatable bonds is 0. The van der Waals surface area contributed by atoms with Crippen LogP contribution in [0, 0.1) is 6.07 Å². The van der Waals surface area contributed by atoms with Crippen LogP contribution in [0.3, 0.4) is 0 Å². The first kappa shape index (κ1) is 12.5. The molecule has 0 saturated heterocycles. The Morgan fingerprint density at radius 3 is 1.56 bits per heavy atom. The standard InChI is InChI=1S/C6H5.ClH.HI.Zn/c1-2-4-6-5-3-1;;;/h1-5H;2*1H;/q-1;;;+2/p-1. The van der Waals surface area contributed by atoms with Crippen molar-refractivity contribution in [2.45, 2.75) is 0 Å². The molecule has 0 atom stereocenters. The number of hydrogen-bond acceptors (Lipinski definition) is 0. The van der Waals surface area contributed by atoms with Crippen molar-refractivity contribution >= 4 is 33.7 Å². The van der Waals surface area contributed by atoms with Gasteiger partial charge >= 0.3 is 27.0 Å². The molecule has 9 heavy (non-hydrogen) atoms. The van der Waals surface area contributed by atoms with Gasteiger partial charge in [0.05, 0.1) is 0 Å². The second-order valence-electron chi connectivity index (χ2n) is 1.08. The topological polar surface area (TPSA) is 0 Å². The first-order valence-corrected chi connectivity index (χ1v) is 6.08. The Bertz CT molecular complexity index is 85.0. The summed E-state index contributed by atoms with van der Waals surface area (Å²) in [5.41, 5.74) is 0. The third kappa shape index (κ3) is 8.86. The van der Waals surface area contributed by atoms with E-state index in [-0.39, 0.29) is 24.0 Å².